The van der Waals surface area contributed by atoms with Crippen molar-refractivity contribution in [3.8, 4) is 0 Å². The number of alkyl halides is 2. The van der Waals surface area contributed by atoms with Crippen molar-refractivity contribution in [2.45, 2.75) is 12.8 Å². The van der Waals surface area contributed by atoms with Gasteiger partial charge in [0.1, 0.15) is 5.82 Å². The molecule has 2 heterocycles. The minimum Gasteiger partial charge on any atom is -0.356 e. The quantitative estimate of drug-likeness (QED) is 0.810. The number of benzene rings is 1. The third-order valence-corrected chi connectivity index (χ3v) is 3.49. The molecule has 94 valence electrons. The van der Waals surface area contributed by atoms with E-state index in [1.54, 1.807) is 0 Å². The van der Waals surface area contributed by atoms with E-state index in [2.05, 4.69) is 4.98 Å². The van der Waals surface area contributed by atoms with Gasteiger partial charge in [-0.1, -0.05) is 18.2 Å². The molecule has 1 aromatic heterocycles. The van der Waals surface area contributed by atoms with Crippen LogP contribution in [0.15, 0.2) is 36.4 Å². The van der Waals surface area contributed by atoms with Gasteiger partial charge in [-0.15, -0.1) is 0 Å². The first-order valence-corrected chi connectivity index (χ1v) is 6.13. The van der Waals surface area contributed by atoms with Crippen molar-refractivity contribution in [1.29, 1.82) is 0 Å². The van der Waals surface area contributed by atoms with Crippen molar-refractivity contribution in [3.63, 3.8) is 0 Å². The summed E-state index contributed by atoms with van der Waals surface area (Å²) in [5.41, 5.74) is 0.912. The van der Waals surface area contributed by atoms with E-state index in [9.17, 15) is 8.78 Å². The van der Waals surface area contributed by atoms with Crippen molar-refractivity contribution in [3.05, 3.63) is 36.4 Å². The Morgan fingerprint density at radius 3 is 2.78 bits per heavy atom. The average molecular weight is 248 g/mol. The van der Waals surface area contributed by atoms with Crippen LogP contribution in [-0.4, -0.2) is 24.5 Å². The summed E-state index contributed by atoms with van der Waals surface area (Å²) in [6.07, 6.45) is -1.68. The maximum absolute atomic E-state index is 12.6. The normalized spacial score (nSPS) is 19.9. The number of rotatable bonds is 2. The van der Waals surface area contributed by atoms with Crippen LogP contribution in [0.25, 0.3) is 10.9 Å². The van der Waals surface area contributed by atoms with Gasteiger partial charge in [-0.05, 0) is 24.6 Å². The summed E-state index contributed by atoms with van der Waals surface area (Å²) >= 11 is 0. The summed E-state index contributed by atoms with van der Waals surface area (Å²) in [5.74, 6) is 0.287. The topological polar surface area (TPSA) is 16.1 Å². The van der Waals surface area contributed by atoms with Gasteiger partial charge >= 0.3 is 0 Å². The van der Waals surface area contributed by atoms with Crippen LogP contribution in [0.4, 0.5) is 14.6 Å². The lowest BCUT2D eigenvalue weighted by Gasteiger charge is -2.17. The molecule has 0 saturated carbocycles. The van der Waals surface area contributed by atoms with Crippen molar-refractivity contribution in [2.24, 2.45) is 5.92 Å². The van der Waals surface area contributed by atoms with E-state index in [1.165, 1.54) is 0 Å². The van der Waals surface area contributed by atoms with Gasteiger partial charge < -0.3 is 4.90 Å². The Kier molecular flexibility index (Phi) is 2.86. The number of nitrogens with zero attached hydrogens (tertiary/aromatic N) is 2. The molecule has 1 aliphatic heterocycles. The van der Waals surface area contributed by atoms with E-state index in [0.717, 1.165) is 16.7 Å². The molecule has 0 aliphatic carbocycles. The number of pyridine rings is 1. The fourth-order valence-corrected chi connectivity index (χ4v) is 2.43. The van der Waals surface area contributed by atoms with Crippen LogP contribution in [0.2, 0.25) is 0 Å². The minimum absolute atomic E-state index is 0.406. The zero-order chi connectivity index (χ0) is 12.5. The molecule has 0 N–H and O–H groups in total. The predicted octanol–water partition coefficient (Wildman–Crippen LogP) is 3.33. The van der Waals surface area contributed by atoms with Crippen LogP contribution in [0, 0.1) is 5.92 Å². The van der Waals surface area contributed by atoms with Crippen molar-refractivity contribution in [2.75, 3.05) is 18.0 Å². The molecule has 0 bridgehead atoms. The first-order valence-electron chi connectivity index (χ1n) is 6.13. The van der Waals surface area contributed by atoms with Crippen LogP contribution >= 0.6 is 0 Å². The molecule has 1 unspecified atom stereocenters. The number of aromatic nitrogens is 1. The Hall–Kier alpha value is -1.71. The molecule has 0 spiro atoms. The number of hydrogen-bond acceptors (Lipinski definition) is 2. The Morgan fingerprint density at radius 1 is 1.17 bits per heavy atom. The van der Waals surface area contributed by atoms with Gasteiger partial charge in [-0.25, -0.2) is 13.8 Å². The van der Waals surface area contributed by atoms with Gasteiger partial charge in [-0.2, -0.15) is 0 Å². The van der Waals surface area contributed by atoms with E-state index in [4.69, 9.17) is 0 Å². The number of anilines is 1. The van der Waals surface area contributed by atoms with Crippen LogP contribution < -0.4 is 4.90 Å². The number of para-hydroxylation sites is 1. The Morgan fingerprint density at radius 2 is 2.00 bits per heavy atom. The Balaban J connectivity index is 1.87. The smallest absolute Gasteiger partial charge is 0.243 e. The molecule has 4 heteroatoms. The standard InChI is InChI=1S/C14H14F2N2/c15-14(16)11-7-8-18(9-11)13-6-5-10-3-1-2-4-12(10)17-13/h1-6,11,14H,7-9H2. The molecule has 2 aromatic rings. The third kappa shape index (κ3) is 2.03. The maximum Gasteiger partial charge on any atom is 0.243 e. The van der Waals surface area contributed by atoms with Crippen LogP contribution in [-0.2, 0) is 0 Å². The molecule has 18 heavy (non-hydrogen) atoms. The van der Waals surface area contributed by atoms with E-state index < -0.39 is 12.3 Å². The SMILES string of the molecule is FC(F)C1CCN(c2ccc3ccccc3n2)C1. The summed E-state index contributed by atoms with van der Waals surface area (Å²) in [4.78, 5) is 6.48. The fourth-order valence-electron chi connectivity index (χ4n) is 2.43. The predicted molar refractivity (Wildman–Crippen MR) is 68.1 cm³/mol. The van der Waals surface area contributed by atoms with Gasteiger partial charge in [0.15, 0.2) is 0 Å². The summed E-state index contributed by atoms with van der Waals surface area (Å²) in [6.45, 7) is 1.07. The highest BCUT2D eigenvalue weighted by molar-refractivity contribution is 5.80. The van der Waals surface area contributed by atoms with E-state index in [1.807, 2.05) is 41.3 Å². The molecule has 3 rings (SSSR count). The summed E-state index contributed by atoms with van der Waals surface area (Å²) in [5, 5.41) is 1.07. The molecule has 1 aromatic carbocycles. The van der Waals surface area contributed by atoms with Gasteiger partial charge in [0.05, 0.1) is 5.52 Å². The van der Waals surface area contributed by atoms with E-state index in [-0.39, 0.29) is 0 Å². The zero-order valence-electron chi connectivity index (χ0n) is 9.89. The van der Waals surface area contributed by atoms with Crippen molar-refractivity contribution >= 4 is 16.7 Å². The highest BCUT2D eigenvalue weighted by Gasteiger charge is 2.30. The molecular formula is C14H14F2N2. The molecule has 0 amide bonds. The lowest BCUT2D eigenvalue weighted by molar-refractivity contribution is 0.0880. The second kappa shape index (κ2) is 4.52. The van der Waals surface area contributed by atoms with Crippen molar-refractivity contribution < 1.29 is 8.78 Å². The number of fused-ring (bicyclic) bond motifs is 1. The summed E-state index contributed by atoms with van der Waals surface area (Å²) in [6, 6.07) is 11.7. The Labute approximate surface area is 104 Å². The molecule has 0 radical (unpaired) electrons. The lowest BCUT2D eigenvalue weighted by atomic mass is 10.1. The maximum atomic E-state index is 12.6. The van der Waals surface area contributed by atoms with Gasteiger partial charge in [-0.3, -0.25) is 0 Å². The molecule has 1 aliphatic rings. The molecule has 1 saturated heterocycles. The Bertz CT molecular complexity index is 556. The van der Waals surface area contributed by atoms with E-state index in [0.29, 0.717) is 19.5 Å². The second-order valence-electron chi connectivity index (χ2n) is 4.69. The van der Waals surface area contributed by atoms with Gasteiger partial charge in [0.25, 0.3) is 0 Å². The number of halogens is 2. The third-order valence-electron chi connectivity index (χ3n) is 3.49. The first kappa shape index (κ1) is 11.4. The largest absolute Gasteiger partial charge is 0.356 e. The van der Waals surface area contributed by atoms with E-state index >= 15 is 0 Å². The highest BCUT2D eigenvalue weighted by Crippen LogP contribution is 2.27. The lowest BCUT2D eigenvalue weighted by Crippen LogP contribution is -2.22. The molecule has 2 nitrogen and oxygen atoms in total. The van der Waals surface area contributed by atoms with Gasteiger partial charge in [0.2, 0.25) is 6.43 Å². The summed E-state index contributed by atoms with van der Waals surface area (Å²) in [7, 11) is 0. The monoisotopic (exact) mass is 248 g/mol. The van der Waals surface area contributed by atoms with Crippen LogP contribution in [0.5, 0.6) is 0 Å². The minimum atomic E-state index is -2.23. The molecule has 1 fully saturated rings. The molecule has 1 atom stereocenters. The first-order chi connectivity index (χ1) is 8.74. The zero-order valence-corrected chi connectivity index (χ0v) is 9.89. The average Bonchev–Trinajstić information content (AvgIpc) is 2.88. The van der Waals surface area contributed by atoms with Crippen LogP contribution in [0.1, 0.15) is 6.42 Å². The molecular weight excluding hydrogens is 234 g/mol. The highest BCUT2D eigenvalue weighted by atomic mass is 19.3. The fraction of sp³-hybridized carbons (Fsp3) is 0.357. The van der Waals surface area contributed by atoms with Crippen LogP contribution in [0.3, 0.4) is 0 Å². The summed E-state index contributed by atoms with van der Waals surface area (Å²) < 4.78 is 25.3. The second-order valence-corrected chi connectivity index (χ2v) is 4.69. The van der Waals surface area contributed by atoms with Crippen molar-refractivity contribution in [1.82, 2.24) is 4.98 Å². The van der Waals surface area contributed by atoms with Gasteiger partial charge in [0, 0.05) is 24.4 Å². The number of hydrogen-bond donors (Lipinski definition) is 0.